The first-order valence-electron chi connectivity index (χ1n) is 7.22. The predicted octanol–water partition coefficient (Wildman–Crippen LogP) is 2.03. The lowest BCUT2D eigenvalue weighted by molar-refractivity contribution is -0.490. The number of hydrogen-bond acceptors (Lipinski definition) is 4. The van der Waals surface area contributed by atoms with Gasteiger partial charge in [0.15, 0.2) is 0 Å². The van der Waals surface area contributed by atoms with Crippen LogP contribution in [-0.4, -0.2) is 25.2 Å². The molecule has 1 atom stereocenters. The van der Waals surface area contributed by atoms with Crippen LogP contribution in [0.15, 0.2) is 18.2 Å². The number of rotatable bonds is 6. The van der Waals surface area contributed by atoms with Gasteiger partial charge in [-0.15, -0.1) is 0 Å². The van der Waals surface area contributed by atoms with Crippen molar-refractivity contribution >= 4 is 12.6 Å². The molecule has 106 valence electrons. The Labute approximate surface area is 118 Å². The van der Waals surface area contributed by atoms with Crippen molar-refractivity contribution in [3.63, 3.8) is 0 Å². The van der Waals surface area contributed by atoms with Crippen LogP contribution in [0.5, 0.6) is 0 Å². The van der Waals surface area contributed by atoms with Crippen LogP contribution in [0.25, 0.3) is 0 Å². The van der Waals surface area contributed by atoms with E-state index in [1.54, 1.807) is 0 Å². The summed E-state index contributed by atoms with van der Waals surface area (Å²) in [7, 11) is -0.438. The van der Waals surface area contributed by atoms with Crippen molar-refractivity contribution in [1.82, 2.24) is 0 Å². The second-order valence-corrected chi connectivity index (χ2v) is 5.47. The highest BCUT2D eigenvalue weighted by atomic mass is 16.6. The van der Waals surface area contributed by atoms with Crippen LogP contribution in [0.2, 0.25) is 0 Å². The Hall–Kier alpha value is -1.40. The van der Waals surface area contributed by atoms with E-state index < -0.39 is 13.2 Å². The van der Waals surface area contributed by atoms with Gasteiger partial charge in [0.25, 0.3) is 0 Å². The van der Waals surface area contributed by atoms with E-state index in [0.717, 1.165) is 17.4 Å². The van der Waals surface area contributed by atoms with Crippen molar-refractivity contribution in [1.29, 1.82) is 0 Å². The molecule has 0 bridgehead atoms. The highest BCUT2D eigenvalue weighted by molar-refractivity contribution is 6.63. The highest BCUT2D eigenvalue weighted by Crippen LogP contribution is 2.41. The maximum atomic E-state index is 10.8. The maximum absolute atomic E-state index is 10.8. The molecule has 0 spiro atoms. The summed E-state index contributed by atoms with van der Waals surface area (Å²) in [6.07, 6.45) is 2.80. The first-order chi connectivity index (χ1) is 9.70. The first kappa shape index (κ1) is 13.6. The summed E-state index contributed by atoms with van der Waals surface area (Å²) in [5, 5.41) is 10.8. The molecule has 0 aromatic heterocycles. The molecule has 1 unspecified atom stereocenters. The topological polar surface area (TPSA) is 61.6 Å². The molecule has 3 rings (SSSR count). The standard InChI is InChI=1S/C14H18BNO4/c1-2-8-19-15-14-11(10-6-7-10)4-3-5-12(14)13(20-15)9-16(17)18/h3-5,10,13H,2,6-9H2,1H3. The molecule has 1 aliphatic carbocycles. The third-order valence-electron chi connectivity index (χ3n) is 3.85. The monoisotopic (exact) mass is 275 g/mol. The van der Waals surface area contributed by atoms with E-state index in [4.69, 9.17) is 9.31 Å². The minimum atomic E-state index is -0.486. The van der Waals surface area contributed by atoms with Crippen LogP contribution in [0.3, 0.4) is 0 Å². The van der Waals surface area contributed by atoms with E-state index in [2.05, 4.69) is 6.07 Å². The van der Waals surface area contributed by atoms with Crippen LogP contribution in [0, 0.1) is 10.1 Å². The SMILES string of the molecule is CCCOB1OC(C[N+](=O)[O-])c2cccc(C3CC3)c21. The van der Waals surface area contributed by atoms with E-state index in [0.29, 0.717) is 12.5 Å². The van der Waals surface area contributed by atoms with E-state index in [9.17, 15) is 10.1 Å². The Balaban J connectivity index is 1.92. The average Bonchev–Trinajstić information content (AvgIpc) is 3.21. The number of fused-ring (bicyclic) bond motifs is 1. The lowest BCUT2D eigenvalue weighted by Gasteiger charge is -2.11. The third-order valence-corrected chi connectivity index (χ3v) is 3.85. The molecule has 20 heavy (non-hydrogen) atoms. The lowest BCUT2D eigenvalue weighted by Crippen LogP contribution is -2.35. The van der Waals surface area contributed by atoms with Gasteiger partial charge in [0.05, 0.1) is 0 Å². The summed E-state index contributed by atoms with van der Waals surface area (Å²) in [5.41, 5.74) is 3.25. The van der Waals surface area contributed by atoms with Gasteiger partial charge in [0, 0.05) is 11.5 Å². The average molecular weight is 275 g/mol. The smallest absolute Gasteiger partial charge is 0.407 e. The summed E-state index contributed by atoms with van der Waals surface area (Å²) < 4.78 is 11.6. The molecule has 6 heteroatoms. The summed E-state index contributed by atoms with van der Waals surface area (Å²) in [6.45, 7) is 2.44. The van der Waals surface area contributed by atoms with Gasteiger partial charge in [-0.3, -0.25) is 10.1 Å². The van der Waals surface area contributed by atoms with Gasteiger partial charge in [0.1, 0.15) is 6.10 Å². The summed E-state index contributed by atoms with van der Waals surface area (Å²) in [6, 6.07) is 6.02. The van der Waals surface area contributed by atoms with Crippen molar-refractivity contribution in [3.8, 4) is 0 Å². The molecule has 1 aliphatic heterocycles. The van der Waals surface area contributed by atoms with Gasteiger partial charge in [-0.1, -0.05) is 25.1 Å². The molecule has 1 aromatic carbocycles. The van der Waals surface area contributed by atoms with E-state index >= 15 is 0 Å². The quantitative estimate of drug-likeness (QED) is 0.453. The maximum Gasteiger partial charge on any atom is 0.495 e. The molecule has 2 aliphatic rings. The summed E-state index contributed by atoms with van der Waals surface area (Å²) in [5.74, 6) is 0.579. The Morgan fingerprint density at radius 2 is 2.20 bits per heavy atom. The number of nitro groups is 1. The fourth-order valence-electron chi connectivity index (χ4n) is 2.82. The van der Waals surface area contributed by atoms with E-state index in [1.165, 1.54) is 18.4 Å². The Morgan fingerprint density at radius 1 is 1.45 bits per heavy atom. The zero-order valence-corrected chi connectivity index (χ0v) is 11.6. The normalized spacial score (nSPS) is 21.1. The Morgan fingerprint density at radius 3 is 2.85 bits per heavy atom. The first-order valence-corrected chi connectivity index (χ1v) is 7.22. The molecule has 0 radical (unpaired) electrons. The van der Waals surface area contributed by atoms with Gasteiger partial charge in [-0.05, 0) is 41.8 Å². The van der Waals surface area contributed by atoms with Gasteiger partial charge in [-0.2, -0.15) is 0 Å². The summed E-state index contributed by atoms with van der Waals surface area (Å²) in [4.78, 5) is 10.5. The van der Waals surface area contributed by atoms with Gasteiger partial charge < -0.3 is 9.31 Å². The second-order valence-electron chi connectivity index (χ2n) is 5.47. The zero-order valence-electron chi connectivity index (χ0n) is 11.6. The third kappa shape index (κ3) is 2.58. The van der Waals surface area contributed by atoms with Crippen LogP contribution < -0.4 is 5.46 Å². The molecular formula is C14H18BNO4. The second kappa shape index (κ2) is 5.54. The minimum Gasteiger partial charge on any atom is -0.407 e. The Kier molecular flexibility index (Phi) is 3.76. The molecule has 1 aromatic rings. The van der Waals surface area contributed by atoms with Crippen molar-refractivity contribution in [2.75, 3.05) is 13.2 Å². The highest BCUT2D eigenvalue weighted by Gasteiger charge is 2.43. The summed E-state index contributed by atoms with van der Waals surface area (Å²) >= 11 is 0. The molecule has 1 fully saturated rings. The fraction of sp³-hybridized carbons (Fsp3) is 0.571. The van der Waals surface area contributed by atoms with Gasteiger partial charge in [0.2, 0.25) is 6.54 Å². The number of hydrogen-bond donors (Lipinski definition) is 0. The Bertz CT molecular complexity index is 518. The lowest BCUT2D eigenvalue weighted by atomic mass is 9.74. The molecule has 0 amide bonds. The molecule has 5 nitrogen and oxygen atoms in total. The number of benzene rings is 1. The van der Waals surface area contributed by atoms with Gasteiger partial charge >= 0.3 is 7.12 Å². The van der Waals surface area contributed by atoms with Crippen molar-refractivity contribution in [2.24, 2.45) is 0 Å². The van der Waals surface area contributed by atoms with Crippen molar-refractivity contribution < 1.29 is 14.2 Å². The van der Waals surface area contributed by atoms with Crippen LogP contribution >= 0.6 is 0 Å². The van der Waals surface area contributed by atoms with Gasteiger partial charge in [-0.25, -0.2) is 0 Å². The number of nitrogens with zero attached hydrogens (tertiary/aromatic N) is 1. The largest absolute Gasteiger partial charge is 0.495 e. The van der Waals surface area contributed by atoms with E-state index in [1.807, 2.05) is 19.1 Å². The molecule has 1 saturated carbocycles. The minimum absolute atomic E-state index is 0.201. The molecule has 1 heterocycles. The molecular weight excluding hydrogens is 257 g/mol. The van der Waals surface area contributed by atoms with Crippen LogP contribution in [-0.2, 0) is 9.31 Å². The van der Waals surface area contributed by atoms with E-state index in [-0.39, 0.29) is 11.5 Å². The fourth-order valence-corrected chi connectivity index (χ4v) is 2.82. The van der Waals surface area contributed by atoms with Crippen molar-refractivity contribution in [3.05, 3.63) is 39.4 Å². The van der Waals surface area contributed by atoms with Crippen LogP contribution in [0.1, 0.15) is 49.3 Å². The zero-order chi connectivity index (χ0) is 14.1. The molecule has 0 saturated heterocycles. The van der Waals surface area contributed by atoms with Crippen molar-refractivity contribution in [2.45, 2.75) is 38.2 Å². The predicted molar refractivity (Wildman–Crippen MR) is 75.7 cm³/mol. The molecule has 0 N–H and O–H groups in total. The van der Waals surface area contributed by atoms with Crippen LogP contribution in [0.4, 0.5) is 0 Å².